The third kappa shape index (κ3) is 3.77. The van der Waals surface area contributed by atoms with Gasteiger partial charge in [-0.3, -0.25) is 0 Å². The smallest absolute Gasteiger partial charge is 0.119 e. The standard InChI is InChI=1S/C22H22O3/c1-23-19-10-4-7-16(13-19)22(17-8-5-11-20(14-17)24-2)18-9-6-12-21(15-18)25-3/h4-15,22H,1-3H3. The molecule has 0 saturated heterocycles. The molecule has 3 aromatic carbocycles. The maximum Gasteiger partial charge on any atom is 0.119 e. The summed E-state index contributed by atoms with van der Waals surface area (Å²) >= 11 is 0. The minimum atomic E-state index is 0.0558. The molecule has 0 spiro atoms. The first-order chi connectivity index (χ1) is 12.2. The SMILES string of the molecule is COc1cccc(C(c2cccc(OC)c2)c2cccc(OC)c2)c1. The normalized spacial score (nSPS) is 10.6. The van der Waals surface area contributed by atoms with Gasteiger partial charge in [-0.25, -0.2) is 0 Å². The van der Waals surface area contributed by atoms with Crippen LogP contribution in [0, 0.1) is 0 Å². The first-order valence-corrected chi connectivity index (χ1v) is 8.17. The van der Waals surface area contributed by atoms with E-state index in [0.29, 0.717) is 0 Å². The molecule has 0 aliphatic heterocycles. The lowest BCUT2D eigenvalue weighted by Gasteiger charge is -2.20. The van der Waals surface area contributed by atoms with Gasteiger partial charge in [-0.1, -0.05) is 36.4 Å². The van der Waals surface area contributed by atoms with Crippen molar-refractivity contribution in [1.29, 1.82) is 0 Å². The summed E-state index contributed by atoms with van der Waals surface area (Å²) < 4.78 is 16.3. The first-order valence-electron chi connectivity index (χ1n) is 8.17. The van der Waals surface area contributed by atoms with Crippen LogP contribution in [0.15, 0.2) is 72.8 Å². The molecule has 0 bridgehead atoms. The molecule has 25 heavy (non-hydrogen) atoms. The van der Waals surface area contributed by atoms with Crippen LogP contribution in [-0.4, -0.2) is 21.3 Å². The van der Waals surface area contributed by atoms with Crippen LogP contribution in [0.3, 0.4) is 0 Å². The van der Waals surface area contributed by atoms with Gasteiger partial charge in [0.2, 0.25) is 0 Å². The van der Waals surface area contributed by atoms with Crippen molar-refractivity contribution in [1.82, 2.24) is 0 Å². The van der Waals surface area contributed by atoms with E-state index in [2.05, 4.69) is 36.4 Å². The number of rotatable bonds is 6. The van der Waals surface area contributed by atoms with E-state index in [1.807, 2.05) is 36.4 Å². The van der Waals surface area contributed by atoms with Gasteiger partial charge < -0.3 is 14.2 Å². The Kier molecular flexibility index (Phi) is 5.24. The van der Waals surface area contributed by atoms with E-state index < -0.39 is 0 Å². The predicted octanol–water partition coefficient (Wildman–Crippen LogP) is 4.89. The minimum Gasteiger partial charge on any atom is -0.497 e. The molecule has 3 heteroatoms. The summed E-state index contributed by atoms with van der Waals surface area (Å²) in [5.74, 6) is 2.58. The highest BCUT2D eigenvalue weighted by molar-refractivity contribution is 5.48. The second-order valence-electron chi connectivity index (χ2n) is 5.76. The molecule has 3 rings (SSSR count). The Morgan fingerprint density at radius 3 is 1.12 bits per heavy atom. The number of hydrogen-bond acceptors (Lipinski definition) is 3. The van der Waals surface area contributed by atoms with E-state index in [9.17, 15) is 0 Å². The molecule has 0 atom stereocenters. The lowest BCUT2D eigenvalue weighted by atomic mass is 9.85. The molecule has 0 radical (unpaired) electrons. The molecule has 0 aromatic heterocycles. The van der Waals surface area contributed by atoms with Gasteiger partial charge in [0.15, 0.2) is 0 Å². The lowest BCUT2D eigenvalue weighted by molar-refractivity contribution is 0.413. The maximum atomic E-state index is 5.42. The van der Waals surface area contributed by atoms with Crippen LogP contribution in [0.5, 0.6) is 17.2 Å². The minimum absolute atomic E-state index is 0.0558. The monoisotopic (exact) mass is 334 g/mol. The van der Waals surface area contributed by atoms with E-state index in [0.717, 1.165) is 33.9 Å². The van der Waals surface area contributed by atoms with Crippen LogP contribution in [0.2, 0.25) is 0 Å². The van der Waals surface area contributed by atoms with Crippen molar-refractivity contribution in [2.45, 2.75) is 5.92 Å². The fourth-order valence-electron chi connectivity index (χ4n) is 3.04. The number of ether oxygens (including phenoxy) is 3. The van der Waals surface area contributed by atoms with Crippen LogP contribution in [0.25, 0.3) is 0 Å². The van der Waals surface area contributed by atoms with Crippen molar-refractivity contribution < 1.29 is 14.2 Å². The Morgan fingerprint density at radius 1 is 0.520 bits per heavy atom. The van der Waals surface area contributed by atoms with E-state index in [4.69, 9.17) is 14.2 Å². The highest BCUT2D eigenvalue weighted by Crippen LogP contribution is 2.36. The van der Waals surface area contributed by atoms with E-state index in [1.54, 1.807) is 21.3 Å². The molecule has 0 amide bonds. The molecule has 0 saturated carbocycles. The van der Waals surface area contributed by atoms with Gasteiger partial charge in [0.25, 0.3) is 0 Å². The van der Waals surface area contributed by atoms with Gasteiger partial charge >= 0.3 is 0 Å². The van der Waals surface area contributed by atoms with Crippen LogP contribution >= 0.6 is 0 Å². The van der Waals surface area contributed by atoms with Gasteiger partial charge in [-0.05, 0) is 53.1 Å². The first kappa shape index (κ1) is 16.9. The van der Waals surface area contributed by atoms with Crippen molar-refractivity contribution in [3.8, 4) is 17.2 Å². The Morgan fingerprint density at radius 2 is 0.840 bits per heavy atom. The summed E-state index contributed by atoms with van der Waals surface area (Å²) in [7, 11) is 5.06. The number of hydrogen-bond donors (Lipinski definition) is 0. The molecule has 3 aromatic rings. The highest BCUT2D eigenvalue weighted by atomic mass is 16.5. The zero-order valence-corrected chi connectivity index (χ0v) is 14.7. The zero-order chi connectivity index (χ0) is 17.6. The molecule has 0 aliphatic carbocycles. The van der Waals surface area contributed by atoms with Crippen LogP contribution in [0.4, 0.5) is 0 Å². The largest absolute Gasteiger partial charge is 0.497 e. The van der Waals surface area contributed by atoms with Gasteiger partial charge in [0.1, 0.15) is 17.2 Å². The molecule has 128 valence electrons. The molecule has 0 fully saturated rings. The molecule has 0 heterocycles. The molecule has 0 unspecified atom stereocenters. The summed E-state index contributed by atoms with van der Waals surface area (Å²) in [6, 6.07) is 24.5. The van der Waals surface area contributed by atoms with Crippen LogP contribution < -0.4 is 14.2 Å². The third-order valence-electron chi connectivity index (χ3n) is 4.28. The maximum absolute atomic E-state index is 5.42. The Hall–Kier alpha value is -2.94. The van der Waals surface area contributed by atoms with Gasteiger partial charge in [-0.2, -0.15) is 0 Å². The fourth-order valence-corrected chi connectivity index (χ4v) is 3.04. The highest BCUT2D eigenvalue weighted by Gasteiger charge is 2.18. The van der Waals surface area contributed by atoms with Gasteiger partial charge in [0.05, 0.1) is 21.3 Å². The Bertz CT molecular complexity index is 729. The Labute approximate surface area is 148 Å². The topological polar surface area (TPSA) is 27.7 Å². The second kappa shape index (κ2) is 7.75. The van der Waals surface area contributed by atoms with Crippen LogP contribution in [0.1, 0.15) is 22.6 Å². The molecule has 3 nitrogen and oxygen atoms in total. The quantitative estimate of drug-likeness (QED) is 0.601. The van der Waals surface area contributed by atoms with E-state index in [-0.39, 0.29) is 5.92 Å². The Balaban J connectivity index is 2.16. The molecular formula is C22H22O3. The fraction of sp³-hybridized carbons (Fsp3) is 0.182. The van der Waals surface area contributed by atoms with Crippen molar-refractivity contribution in [3.05, 3.63) is 89.5 Å². The third-order valence-corrected chi connectivity index (χ3v) is 4.28. The number of benzene rings is 3. The lowest BCUT2D eigenvalue weighted by Crippen LogP contribution is -2.04. The van der Waals surface area contributed by atoms with Crippen LogP contribution in [-0.2, 0) is 0 Å². The molecular weight excluding hydrogens is 312 g/mol. The van der Waals surface area contributed by atoms with Crippen molar-refractivity contribution in [3.63, 3.8) is 0 Å². The average molecular weight is 334 g/mol. The second-order valence-corrected chi connectivity index (χ2v) is 5.76. The van der Waals surface area contributed by atoms with Crippen molar-refractivity contribution in [2.24, 2.45) is 0 Å². The summed E-state index contributed by atoms with van der Waals surface area (Å²) in [5, 5.41) is 0. The summed E-state index contributed by atoms with van der Waals surface area (Å²) in [5.41, 5.74) is 3.46. The predicted molar refractivity (Wildman–Crippen MR) is 99.9 cm³/mol. The zero-order valence-electron chi connectivity index (χ0n) is 14.7. The summed E-state index contributed by atoms with van der Waals surface area (Å²) in [6.45, 7) is 0. The summed E-state index contributed by atoms with van der Waals surface area (Å²) in [4.78, 5) is 0. The summed E-state index contributed by atoms with van der Waals surface area (Å²) in [6.07, 6.45) is 0. The molecule has 0 N–H and O–H groups in total. The van der Waals surface area contributed by atoms with Gasteiger partial charge in [0, 0.05) is 5.92 Å². The van der Waals surface area contributed by atoms with Crippen molar-refractivity contribution in [2.75, 3.05) is 21.3 Å². The average Bonchev–Trinajstić information content (AvgIpc) is 2.68. The molecule has 0 aliphatic rings. The van der Waals surface area contributed by atoms with Crippen molar-refractivity contribution >= 4 is 0 Å². The van der Waals surface area contributed by atoms with E-state index in [1.165, 1.54) is 0 Å². The number of methoxy groups -OCH3 is 3. The van der Waals surface area contributed by atoms with E-state index >= 15 is 0 Å². The van der Waals surface area contributed by atoms with Gasteiger partial charge in [-0.15, -0.1) is 0 Å².